The summed E-state index contributed by atoms with van der Waals surface area (Å²) in [4.78, 5) is 31.1. The quantitative estimate of drug-likeness (QED) is 0.165. The molecule has 15 heteroatoms. The van der Waals surface area contributed by atoms with Crippen molar-refractivity contribution in [3.8, 4) is 0 Å². The molecule has 1 saturated heterocycles. The maximum atomic E-state index is 10.3. The Kier molecular flexibility index (Phi) is 14.1. The first-order valence-electron chi connectivity index (χ1n) is 15.3. The van der Waals surface area contributed by atoms with E-state index in [0.29, 0.717) is 76.5 Å². The molecule has 0 unspecified atom stereocenters. The number of carboxylic acids is 1. The zero-order chi connectivity index (χ0) is 31.9. The second-order valence-electron chi connectivity index (χ2n) is 10.7. The number of anilines is 3. The largest absolute Gasteiger partial charge is 0.480 e. The zero-order valence-corrected chi connectivity index (χ0v) is 26.4. The molecular formula is C30H45N7O8. The van der Waals surface area contributed by atoms with Crippen molar-refractivity contribution in [1.82, 2.24) is 24.5 Å². The Hall–Kier alpha value is -3.47. The summed E-state index contributed by atoms with van der Waals surface area (Å²) in [6, 6.07) is 3.99. The zero-order valence-electron chi connectivity index (χ0n) is 26.4. The molecule has 1 fully saturated rings. The van der Waals surface area contributed by atoms with Crippen LogP contribution in [0, 0.1) is 0 Å². The van der Waals surface area contributed by atoms with Crippen LogP contribution in [0.5, 0.6) is 0 Å². The van der Waals surface area contributed by atoms with Gasteiger partial charge in [0, 0.05) is 38.5 Å². The number of carboxylic acid groups (broad SMARTS) is 1. The fraction of sp³-hybridized carbons (Fsp3) is 0.633. The van der Waals surface area contributed by atoms with Crippen LogP contribution in [0.15, 0.2) is 24.5 Å². The highest BCUT2D eigenvalue weighted by atomic mass is 16.6. The molecule has 4 rings (SSSR count). The van der Waals surface area contributed by atoms with Crippen molar-refractivity contribution in [2.24, 2.45) is 0 Å². The molecule has 0 radical (unpaired) electrons. The molecule has 2 N–H and O–H groups in total. The molecule has 248 valence electrons. The standard InChI is InChI=1S/C30H45N7O8/c1-22(2)37-25-18-27(34-26-4-7-31-30(35-26)36-8-5-23(40-3)6-9-36)32-19-24(25)33-28(37)20-44-16-14-42-12-10-41-11-13-43-15-17-45-21-29(38)39/h4,7,18-19,22-23H,5-6,8-17,20-21H2,1-3H3,(H,38,39)(H,31,32,34,35). The number of nitrogens with one attached hydrogen (secondary N) is 1. The van der Waals surface area contributed by atoms with E-state index in [1.54, 1.807) is 19.5 Å². The van der Waals surface area contributed by atoms with Gasteiger partial charge >= 0.3 is 5.97 Å². The van der Waals surface area contributed by atoms with E-state index in [-0.39, 0.29) is 19.3 Å². The molecule has 0 aromatic carbocycles. The third-order valence-electron chi connectivity index (χ3n) is 7.07. The van der Waals surface area contributed by atoms with Gasteiger partial charge in [-0.2, -0.15) is 4.98 Å². The molecule has 1 aliphatic rings. The van der Waals surface area contributed by atoms with Crippen molar-refractivity contribution in [2.45, 2.75) is 45.4 Å². The number of carbonyl (C=O) groups is 1. The van der Waals surface area contributed by atoms with E-state index in [9.17, 15) is 4.79 Å². The Balaban J connectivity index is 1.18. The van der Waals surface area contributed by atoms with E-state index in [4.69, 9.17) is 43.5 Å². The Bertz CT molecular complexity index is 1320. The second kappa shape index (κ2) is 18.5. The van der Waals surface area contributed by atoms with E-state index in [1.165, 1.54) is 0 Å². The number of pyridine rings is 1. The molecule has 0 atom stereocenters. The van der Waals surface area contributed by atoms with Crippen LogP contribution in [0.4, 0.5) is 17.6 Å². The molecular weight excluding hydrogens is 586 g/mol. The third kappa shape index (κ3) is 11.1. The second-order valence-corrected chi connectivity index (χ2v) is 10.7. The number of fused-ring (bicyclic) bond motifs is 1. The monoisotopic (exact) mass is 631 g/mol. The normalized spacial score (nSPS) is 14.1. The molecule has 0 aliphatic carbocycles. The van der Waals surface area contributed by atoms with Gasteiger partial charge in [-0.25, -0.2) is 19.7 Å². The number of nitrogens with zero attached hydrogens (tertiary/aromatic N) is 6. The Morgan fingerprint density at radius 3 is 2.20 bits per heavy atom. The molecule has 3 aromatic rings. The van der Waals surface area contributed by atoms with Gasteiger partial charge in [0.1, 0.15) is 36.2 Å². The van der Waals surface area contributed by atoms with Crippen LogP contribution in [0.25, 0.3) is 11.0 Å². The molecule has 3 aromatic heterocycles. The first kappa shape index (κ1) is 34.4. The van der Waals surface area contributed by atoms with Crippen LogP contribution in [-0.4, -0.2) is 121 Å². The highest BCUT2D eigenvalue weighted by Gasteiger charge is 2.21. The van der Waals surface area contributed by atoms with E-state index < -0.39 is 5.97 Å². The highest BCUT2D eigenvalue weighted by molar-refractivity contribution is 5.79. The van der Waals surface area contributed by atoms with E-state index in [0.717, 1.165) is 42.8 Å². The Labute approximate surface area is 263 Å². The van der Waals surface area contributed by atoms with Gasteiger partial charge in [-0.3, -0.25) is 0 Å². The smallest absolute Gasteiger partial charge is 0.329 e. The van der Waals surface area contributed by atoms with Crippen LogP contribution in [0.3, 0.4) is 0 Å². The summed E-state index contributed by atoms with van der Waals surface area (Å²) in [5, 5.41) is 11.8. The lowest BCUT2D eigenvalue weighted by atomic mass is 10.1. The molecule has 0 spiro atoms. The number of aliphatic carboxylic acids is 1. The molecule has 4 heterocycles. The first-order valence-corrected chi connectivity index (χ1v) is 15.3. The van der Waals surface area contributed by atoms with Crippen LogP contribution in [0.2, 0.25) is 0 Å². The van der Waals surface area contributed by atoms with Gasteiger partial charge < -0.3 is 48.3 Å². The van der Waals surface area contributed by atoms with Crippen molar-refractivity contribution in [3.05, 3.63) is 30.4 Å². The number of imidazole rings is 1. The minimum absolute atomic E-state index is 0.166. The molecule has 45 heavy (non-hydrogen) atoms. The van der Waals surface area contributed by atoms with Crippen molar-refractivity contribution in [3.63, 3.8) is 0 Å². The van der Waals surface area contributed by atoms with Crippen LogP contribution in [-0.2, 0) is 39.8 Å². The number of rotatable bonds is 21. The van der Waals surface area contributed by atoms with Crippen LogP contribution < -0.4 is 10.2 Å². The minimum Gasteiger partial charge on any atom is -0.480 e. The van der Waals surface area contributed by atoms with E-state index in [2.05, 4.69) is 38.6 Å². The number of methoxy groups -OCH3 is 1. The van der Waals surface area contributed by atoms with Crippen molar-refractivity contribution < 1.29 is 38.3 Å². The van der Waals surface area contributed by atoms with E-state index >= 15 is 0 Å². The van der Waals surface area contributed by atoms with Crippen molar-refractivity contribution in [1.29, 1.82) is 0 Å². The number of hydrogen-bond donors (Lipinski definition) is 2. The molecule has 0 bridgehead atoms. The summed E-state index contributed by atoms with van der Waals surface area (Å²) in [5.41, 5.74) is 1.75. The SMILES string of the molecule is COC1CCN(c2nccc(Nc3cc4c(cn3)nc(COCCOCCOCCOCCOCC(=O)O)n4C(C)C)n2)CC1. The number of aromatic nitrogens is 5. The highest BCUT2D eigenvalue weighted by Crippen LogP contribution is 2.25. The fourth-order valence-electron chi connectivity index (χ4n) is 4.89. The van der Waals surface area contributed by atoms with Crippen molar-refractivity contribution >= 4 is 34.6 Å². The lowest BCUT2D eigenvalue weighted by Crippen LogP contribution is -2.37. The van der Waals surface area contributed by atoms with Crippen LogP contribution in [0.1, 0.15) is 38.6 Å². The molecule has 0 amide bonds. The summed E-state index contributed by atoms with van der Waals surface area (Å²) in [6.45, 7) is 9.09. The summed E-state index contributed by atoms with van der Waals surface area (Å²) in [7, 11) is 1.76. The maximum Gasteiger partial charge on any atom is 0.329 e. The van der Waals surface area contributed by atoms with Gasteiger partial charge in [-0.05, 0) is 32.8 Å². The Morgan fingerprint density at radius 2 is 1.58 bits per heavy atom. The van der Waals surface area contributed by atoms with Crippen molar-refractivity contribution in [2.75, 3.05) is 89.9 Å². The van der Waals surface area contributed by atoms with Gasteiger partial charge in [0.15, 0.2) is 0 Å². The Morgan fingerprint density at radius 1 is 0.933 bits per heavy atom. The third-order valence-corrected chi connectivity index (χ3v) is 7.07. The molecule has 1 aliphatic heterocycles. The summed E-state index contributed by atoms with van der Waals surface area (Å²) in [5.74, 6) is 1.87. The summed E-state index contributed by atoms with van der Waals surface area (Å²) < 4.78 is 34.7. The summed E-state index contributed by atoms with van der Waals surface area (Å²) >= 11 is 0. The van der Waals surface area contributed by atoms with Gasteiger partial charge in [-0.1, -0.05) is 0 Å². The lowest BCUT2D eigenvalue weighted by molar-refractivity contribution is -0.142. The van der Waals surface area contributed by atoms with Gasteiger partial charge in [-0.15, -0.1) is 0 Å². The lowest BCUT2D eigenvalue weighted by Gasteiger charge is -2.31. The number of piperidine rings is 1. The maximum absolute atomic E-state index is 10.3. The molecule has 0 saturated carbocycles. The van der Waals surface area contributed by atoms with Gasteiger partial charge in [0.2, 0.25) is 5.95 Å². The number of ether oxygens (including phenoxy) is 6. The first-order chi connectivity index (χ1) is 21.9. The van der Waals surface area contributed by atoms with Crippen LogP contribution >= 0.6 is 0 Å². The average molecular weight is 632 g/mol. The van der Waals surface area contributed by atoms with E-state index in [1.807, 2.05) is 12.1 Å². The fourth-order valence-corrected chi connectivity index (χ4v) is 4.89. The predicted molar refractivity (Wildman–Crippen MR) is 166 cm³/mol. The van der Waals surface area contributed by atoms with Gasteiger partial charge in [0.05, 0.1) is 70.7 Å². The average Bonchev–Trinajstić information content (AvgIpc) is 3.40. The number of hydrogen-bond acceptors (Lipinski definition) is 13. The molecule has 15 nitrogen and oxygen atoms in total. The minimum atomic E-state index is -0.997. The topological polar surface area (TPSA) is 164 Å². The predicted octanol–water partition coefficient (Wildman–Crippen LogP) is 2.83. The summed E-state index contributed by atoms with van der Waals surface area (Å²) in [6.07, 6.45) is 5.73. The van der Waals surface area contributed by atoms with Gasteiger partial charge in [0.25, 0.3) is 0 Å².